The second-order valence-electron chi connectivity index (χ2n) is 5.22. The van der Waals surface area contributed by atoms with Gasteiger partial charge in [0.1, 0.15) is 18.2 Å². The van der Waals surface area contributed by atoms with E-state index in [1.54, 1.807) is 20.8 Å². The predicted molar refractivity (Wildman–Crippen MR) is 69.5 cm³/mol. The third-order valence-corrected chi connectivity index (χ3v) is 3.78. The maximum Gasteiger partial charge on any atom is 0.411 e. The molecule has 0 spiro atoms. The zero-order valence-electron chi connectivity index (χ0n) is 12.4. The van der Waals surface area contributed by atoms with Gasteiger partial charge in [-0.05, 0) is 19.8 Å². The molecule has 1 aliphatic rings. The molecule has 2 unspecified atom stereocenters. The number of halogens is 3. The Morgan fingerprint density at radius 3 is 2.43 bits per heavy atom. The first-order chi connectivity index (χ1) is 9.65. The lowest BCUT2D eigenvalue weighted by Gasteiger charge is -2.45. The maximum absolute atomic E-state index is 12.3. The van der Waals surface area contributed by atoms with E-state index in [4.69, 9.17) is 0 Å². The smallest absolute Gasteiger partial charge is 0.370 e. The highest BCUT2D eigenvalue weighted by Gasteiger charge is 2.47. The number of carbonyl (C=O) groups excluding carboxylic acids is 2. The highest BCUT2D eigenvalue weighted by atomic mass is 19.4. The van der Waals surface area contributed by atoms with E-state index in [1.807, 2.05) is 0 Å². The van der Waals surface area contributed by atoms with Crippen molar-refractivity contribution >= 4 is 11.8 Å². The zero-order chi connectivity index (χ0) is 16.3. The Balaban J connectivity index is 2.73. The molecule has 1 rings (SSSR count). The number of piperazine rings is 1. The summed E-state index contributed by atoms with van der Waals surface area (Å²) in [6.45, 7) is 3.46. The van der Waals surface area contributed by atoms with Gasteiger partial charge < -0.3 is 15.0 Å². The van der Waals surface area contributed by atoms with Gasteiger partial charge in [0.05, 0.1) is 6.61 Å². The van der Waals surface area contributed by atoms with E-state index in [1.165, 1.54) is 4.90 Å². The van der Waals surface area contributed by atoms with Gasteiger partial charge in [-0.1, -0.05) is 13.8 Å². The Labute approximate surface area is 121 Å². The molecule has 8 heteroatoms. The van der Waals surface area contributed by atoms with E-state index in [2.05, 4.69) is 10.1 Å². The summed E-state index contributed by atoms with van der Waals surface area (Å²) in [5, 5.41) is 2.65. The number of alkyl halides is 3. The van der Waals surface area contributed by atoms with Gasteiger partial charge >= 0.3 is 6.18 Å². The summed E-state index contributed by atoms with van der Waals surface area (Å²) in [7, 11) is 0. The number of hydrogen-bond donors (Lipinski definition) is 1. The first-order valence-corrected chi connectivity index (χ1v) is 6.92. The first-order valence-electron chi connectivity index (χ1n) is 6.92. The average Bonchev–Trinajstić information content (AvgIpc) is 2.40. The van der Waals surface area contributed by atoms with E-state index < -0.39 is 24.4 Å². The number of amides is 2. The van der Waals surface area contributed by atoms with E-state index in [0.717, 1.165) is 0 Å². The molecule has 1 N–H and O–H groups in total. The molecule has 0 saturated carbocycles. The summed E-state index contributed by atoms with van der Waals surface area (Å²) >= 11 is 0. The van der Waals surface area contributed by atoms with Gasteiger partial charge in [-0.3, -0.25) is 9.59 Å². The number of ether oxygens (including phenoxy) is 1. The van der Waals surface area contributed by atoms with Crippen LogP contribution in [0.4, 0.5) is 13.2 Å². The zero-order valence-corrected chi connectivity index (χ0v) is 12.4. The Kier molecular flexibility index (Phi) is 5.61. The van der Waals surface area contributed by atoms with Gasteiger partial charge in [-0.15, -0.1) is 0 Å². The fraction of sp³-hybridized carbons (Fsp3) is 0.846. The molecular weight excluding hydrogens is 289 g/mol. The molecule has 1 heterocycles. The molecule has 21 heavy (non-hydrogen) atoms. The monoisotopic (exact) mass is 310 g/mol. The maximum atomic E-state index is 12.3. The molecule has 0 bridgehead atoms. The van der Waals surface area contributed by atoms with Crippen LogP contribution in [0.3, 0.4) is 0 Å². The van der Waals surface area contributed by atoms with Gasteiger partial charge in [0.15, 0.2) is 0 Å². The molecule has 122 valence electrons. The molecule has 0 aromatic rings. The van der Waals surface area contributed by atoms with Crippen LogP contribution in [-0.2, 0) is 14.3 Å². The van der Waals surface area contributed by atoms with Crippen LogP contribution in [0.25, 0.3) is 0 Å². The van der Waals surface area contributed by atoms with Gasteiger partial charge in [-0.2, -0.15) is 13.2 Å². The van der Waals surface area contributed by atoms with Crippen molar-refractivity contribution < 1.29 is 27.5 Å². The van der Waals surface area contributed by atoms with Gasteiger partial charge in [-0.25, -0.2) is 0 Å². The first kappa shape index (κ1) is 17.7. The van der Waals surface area contributed by atoms with Crippen LogP contribution in [0, 0.1) is 0 Å². The third kappa shape index (κ3) is 4.09. The molecule has 2 amide bonds. The molecule has 1 fully saturated rings. The van der Waals surface area contributed by atoms with Crippen LogP contribution >= 0.6 is 0 Å². The normalized spacial score (nSPS) is 27.0. The van der Waals surface area contributed by atoms with Gasteiger partial charge in [0.2, 0.25) is 11.8 Å². The van der Waals surface area contributed by atoms with E-state index in [-0.39, 0.29) is 25.0 Å². The van der Waals surface area contributed by atoms with Crippen LogP contribution < -0.4 is 5.32 Å². The predicted octanol–water partition coefficient (Wildman–Crippen LogP) is 1.47. The molecule has 0 aromatic heterocycles. The molecular formula is C13H21F3N2O3. The molecule has 0 radical (unpaired) electrons. The Bertz CT molecular complexity index is 401. The van der Waals surface area contributed by atoms with E-state index in [9.17, 15) is 22.8 Å². The van der Waals surface area contributed by atoms with Crippen molar-refractivity contribution in [3.63, 3.8) is 0 Å². The van der Waals surface area contributed by atoms with Crippen molar-refractivity contribution in [2.45, 2.75) is 51.4 Å². The molecule has 5 nitrogen and oxygen atoms in total. The Hall–Kier alpha value is -1.31. The summed E-state index contributed by atoms with van der Waals surface area (Å²) in [5.74, 6) is -0.565. The van der Waals surface area contributed by atoms with Crippen molar-refractivity contribution in [3.05, 3.63) is 0 Å². The van der Waals surface area contributed by atoms with Crippen LogP contribution in [0.15, 0.2) is 0 Å². The van der Waals surface area contributed by atoms with Crippen molar-refractivity contribution in [1.82, 2.24) is 10.2 Å². The van der Waals surface area contributed by atoms with Gasteiger partial charge in [0, 0.05) is 6.54 Å². The quantitative estimate of drug-likeness (QED) is 0.756. The van der Waals surface area contributed by atoms with Crippen molar-refractivity contribution in [2.75, 3.05) is 19.8 Å². The van der Waals surface area contributed by atoms with Crippen molar-refractivity contribution in [2.24, 2.45) is 0 Å². The minimum Gasteiger partial charge on any atom is -0.370 e. The molecule has 2 atom stereocenters. The molecule has 1 aliphatic heterocycles. The number of nitrogens with one attached hydrogen (secondary N) is 1. The fourth-order valence-electron chi connectivity index (χ4n) is 2.26. The van der Waals surface area contributed by atoms with Gasteiger partial charge in [0.25, 0.3) is 0 Å². The molecule has 1 saturated heterocycles. The average molecular weight is 310 g/mol. The fourth-order valence-corrected chi connectivity index (χ4v) is 2.26. The summed E-state index contributed by atoms with van der Waals surface area (Å²) in [6, 6.07) is -0.625. The SMILES string of the molecule is CCC1NC(=O)C(C)(CC)N(CCOCC(F)(F)F)C1=O. The summed E-state index contributed by atoms with van der Waals surface area (Å²) in [5.41, 5.74) is -1.05. The minimum atomic E-state index is -4.40. The third-order valence-electron chi connectivity index (χ3n) is 3.78. The lowest BCUT2D eigenvalue weighted by Crippen LogP contribution is -2.69. The topological polar surface area (TPSA) is 58.6 Å². The van der Waals surface area contributed by atoms with Crippen LogP contribution in [0.2, 0.25) is 0 Å². The second kappa shape index (κ2) is 6.64. The second-order valence-corrected chi connectivity index (χ2v) is 5.22. The number of hydrogen-bond acceptors (Lipinski definition) is 3. The van der Waals surface area contributed by atoms with Crippen molar-refractivity contribution in [3.8, 4) is 0 Å². The number of nitrogens with zero attached hydrogens (tertiary/aromatic N) is 1. The minimum absolute atomic E-state index is 0.0385. The summed E-state index contributed by atoms with van der Waals surface area (Å²) < 4.78 is 40.6. The highest BCUT2D eigenvalue weighted by molar-refractivity contribution is 5.99. The van der Waals surface area contributed by atoms with E-state index >= 15 is 0 Å². The molecule has 0 aromatic carbocycles. The lowest BCUT2D eigenvalue weighted by atomic mass is 9.90. The highest BCUT2D eigenvalue weighted by Crippen LogP contribution is 2.25. The summed E-state index contributed by atoms with van der Waals surface area (Å²) in [6.07, 6.45) is -3.59. The number of carbonyl (C=O) groups is 2. The Morgan fingerprint density at radius 2 is 1.95 bits per heavy atom. The standard InChI is InChI=1S/C13H21F3N2O3/c1-4-9-10(19)18(6-7-21-8-13(14,15)16)12(3,5-2)11(20)17-9/h9H,4-8H2,1-3H3,(H,17,20). The lowest BCUT2D eigenvalue weighted by molar-refractivity contribution is -0.177. The molecule has 0 aliphatic carbocycles. The van der Waals surface area contributed by atoms with Crippen molar-refractivity contribution in [1.29, 1.82) is 0 Å². The Morgan fingerprint density at radius 1 is 1.33 bits per heavy atom. The summed E-state index contributed by atoms with van der Waals surface area (Å²) in [4.78, 5) is 25.8. The van der Waals surface area contributed by atoms with E-state index in [0.29, 0.717) is 12.8 Å². The van der Waals surface area contributed by atoms with Crippen LogP contribution in [0.1, 0.15) is 33.6 Å². The van der Waals surface area contributed by atoms with Crippen LogP contribution in [0.5, 0.6) is 0 Å². The number of rotatable bonds is 6. The largest absolute Gasteiger partial charge is 0.411 e. The van der Waals surface area contributed by atoms with Crippen LogP contribution in [-0.4, -0.2) is 54.2 Å².